The Kier molecular flexibility index (Phi) is 8.36. The third-order valence-electron chi connectivity index (χ3n) is 5.11. The molecule has 0 aliphatic carbocycles. The van der Waals surface area contributed by atoms with Gasteiger partial charge in [-0.05, 0) is 35.1 Å². The molecule has 0 radical (unpaired) electrons. The van der Waals surface area contributed by atoms with Gasteiger partial charge in [-0.3, -0.25) is 5.32 Å². The minimum atomic E-state index is -4.60. The van der Waals surface area contributed by atoms with Crippen molar-refractivity contribution in [3.8, 4) is 11.1 Å². The van der Waals surface area contributed by atoms with E-state index in [1.54, 1.807) is 42.9 Å². The molecule has 1 aromatic carbocycles. The summed E-state index contributed by atoms with van der Waals surface area (Å²) >= 11 is 0. The lowest BCUT2D eigenvalue weighted by molar-refractivity contribution is -0.730. The van der Waals surface area contributed by atoms with Gasteiger partial charge in [-0.2, -0.15) is 4.57 Å². The molecule has 0 aliphatic heterocycles. The Bertz CT molecular complexity index is 1290. The Labute approximate surface area is 201 Å². The summed E-state index contributed by atoms with van der Waals surface area (Å²) in [5.74, 6) is 0.348. The van der Waals surface area contributed by atoms with Crippen molar-refractivity contribution in [1.29, 1.82) is 0 Å². The molecule has 0 saturated carbocycles. The van der Waals surface area contributed by atoms with Gasteiger partial charge < -0.3 is 25.2 Å². The quantitative estimate of drug-likeness (QED) is 0.231. The van der Waals surface area contributed by atoms with Crippen LogP contribution in [-0.2, 0) is 27.1 Å². The number of urea groups is 1. The molecule has 186 valence electrons. The molecule has 0 fully saturated rings. The maximum Gasteiger partial charge on any atom is 0.474 e. The van der Waals surface area contributed by atoms with E-state index >= 15 is 0 Å². The molecule has 0 saturated heterocycles. The Morgan fingerprint density at radius 1 is 1.14 bits per heavy atom. The highest BCUT2D eigenvalue weighted by Crippen LogP contribution is 2.36. The van der Waals surface area contributed by atoms with Gasteiger partial charge in [0.05, 0.1) is 7.11 Å². The van der Waals surface area contributed by atoms with Gasteiger partial charge in [0, 0.05) is 43.7 Å². The molecule has 5 N–H and O–H groups in total. The van der Waals surface area contributed by atoms with Gasteiger partial charge in [-0.1, -0.05) is 12.1 Å². The molecule has 0 bridgehead atoms. The van der Waals surface area contributed by atoms with Gasteiger partial charge in [-0.15, -0.1) is 0 Å². The highest BCUT2D eigenvalue weighted by molar-refractivity contribution is 7.46. The number of alkyl carbamates (subject to hydrolysis) is 1. The first-order chi connectivity index (χ1) is 16.6. The van der Waals surface area contributed by atoms with Crippen molar-refractivity contribution in [2.45, 2.75) is 27.1 Å². The van der Waals surface area contributed by atoms with Crippen LogP contribution in [0.5, 0.6) is 0 Å². The molecular formula is C22H27N5O7P+. The van der Waals surface area contributed by atoms with Crippen LogP contribution in [0.2, 0.25) is 0 Å². The molecule has 0 spiro atoms. The van der Waals surface area contributed by atoms with Gasteiger partial charge in [0.1, 0.15) is 5.82 Å². The molecule has 0 unspecified atom stereocenters. The number of aryl methyl sites for hydroxylation is 1. The number of fused-ring (bicyclic) bond motifs is 1. The van der Waals surface area contributed by atoms with E-state index in [0.717, 1.165) is 27.5 Å². The fourth-order valence-electron chi connectivity index (χ4n) is 3.43. The average molecular weight is 504 g/mol. The lowest BCUT2D eigenvalue weighted by Gasteiger charge is -2.14. The number of anilines is 1. The van der Waals surface area contributed by atoms with E-state index in [9.17, 15) is 14.2 Å². The molecule has 3 rings (SSSR count). The molecule has 12 nitrogen and oxygen atoms in total. The number of aromatic nitrogens is 2. The summed E-state index contributed by atoms with van der Waals surface area (Å²) in [7, 11) is -3.32. The number of amides is 3. The third-order valence-corrected chi connectivity index (χ3v) is 5.56. The summed E-state index contributed by atoms with van der Waals surface area (Å²) in [5.41, 5.74) is 3.15. The van der Waals surface area contributed by atoms with Crippen molar-refractivity contribution in [1.82, 2.24) is 15.6 Å². The number of rotatable bonds is 8. The fourth-order valence-corrected chi connectivity index (χ4v) is 3.70. The van der Waals surface area contributed by atoms with Crippen LogP contribution in [0, 0.1) is 6.92 Å². The number of nitrogens with one attached hydrogen (secondary N) is 3. The summed E-state index contributed by atoms with van der Waals surface area (Å²) < 4.78 is 21.8. The zero-order valence-corrected chi connectivity index (χ0v) is 20.3. The predicted molar refractivity (Wildman–Crippen MR) is 127 cm³/mol. The summed E-state index contributed by atoms with van der Waals surface area (Å²) in [6.45, 7) is 3.96. The number of nitrogens with zero attached hydrogens (tertiary/aromatic N) is 2. The molecule has 35 heavy (non-hydrogen) atoms. The second-order valence-electron chi connectivity index (χ2n) is 7.49. The molecule has 0 atom stereocenters. The molecule has 0 aliphatic rings. The molecular weight excluding hydrogens is 477 g/mol. The van der Waals surface area contributed by atoms with Gasteiger partial charge in [-0.25, -0.2) is 23.7 Å². The topological polar surface area (TPSA) is 163 Å². The maximum atomic E-state index is 12.0. The minimum Gasteiger partial charge on any atom is -0.453 e. The molecule has 2 aromatic heterocycles. The van der Waals surface area contributed by atoms with Crippen LogP contribution >= 0.6 is 7.82 Å². The van der Waals surface area contributed by atoms with Gasteiger partial charge in [0.2, 0.25) is 0 Å². The number of hydrogen-bond acceptors (Lipinski definition) is 6. The van der Waals surface area contributed by atoms with Crippen molar-refractivity contribution < 1.29 is 37.8 Å². The Balaban J connectivity index is 2.04. The van der Waals surface area contributed by atoms with Crippen LogP contribution in [-0.4, -0.2) is 40.5 Å². The van der Waals surface area contributed by atoms with Crippen molar-refractivity contribution in [2.75, 3.05) is 19.0 Å². The van der Waals surface area contributed by atoms with Crippen molar-refractivity contribution >= 4 is 36.5 Å². The molecule has 3 amide bonds. The standard InChI is InChI=1S/C22H26N5O7P/c1-4-23-21(28)26-20-10-18-17(6-5-16(19(18)12-24-20)11-25-22(29)33-3)15-7-8-27(14(2)9-15)13-34-35(30,31)32/h5-10,12H,4,11,13H2,1-3H3,(H4,23,25,28,29,30,31,32)/p+1. The van der Waals surface area contributed by atoms with Crippen LogP contribution < -0.4 is 20.5 Å². The van der Waals surface area contributed by atoms with E-state index in [4.69, 9.17) is 9.79 Å². The highest BCUT2D eigenvalue weighted by Gasteiger charge is 2.19. The van der Waals surface area contributed by atoms with Crippen LogP contribution in [0.3, 0.4) is 0 Å². The Hall–Kier alpha value is -3.57. The second kappa shape index (κ2) is 11.2. The normalized spacial score (nSPS) is 11.2. The third kappa shape index (κ3) is 6.96. The maximum absolute atomic E-state index is 12.0. The smallest absolute Gasteiger partial charge is 0.453 e. The van der Waals surface area contributed by atoms with Crippen LogP contribution in [0.15, 0.2) is 42.7 Å². The first kappa shape index (κ1) is 26.0. The zero-order chi connectivity index (χ0) is 25.6. The van der Waals surface area contributed by atoms with Gasteiger partial charge >= 0.3 is 19.9 Å². The van der Waals surface area contributed by atoms with E-state index < -0.39 is 13.9 Å². The number of pyridine rings is 2. The van der Waals surface area contributed by atoms with Crippen LogP contribution in [0.4, 0.5) is 15.4 Å². The lowest BCUT2D eigenvalue weighted by Crippen LogP contribution is -2.37. The fraction of sp³-hybridized carbons (Fsp3) is 0.273. The first-order valence-electron chi connectivity index (χ1n) is 10.6. The molecule has 2 heterocycles. The number of methoxy groups -OCH3 is 1. The second-order valence-corrected chi connectivity index (χ2v) is 8.73. The first-order valence-corrected chi connectivity index (χ1v) is 12.1. The SMILES string of the molecule is CCNC(=O)Nc1cc2c(-c3cc[n+](COP(=O)(O)O)c(C)c3)ccc(CNC(=O)OC)c2cn1. The number of phosphoric ester groups is 1. The van der Waals surface area contributed by atoms with Crippen molar-refractivity contribution in [3.05, 3.63) is 54.0 Å². The van der Waals surface area contributed by atoms with E-state index in [1.165, 1.54) is 7.11 Å². The summed E-state index contributed by atoms with van der Waals surface area (Å²) in [6.07, 6.45) is 2.72. The predicted octanol–water partition coefficient (Wildman–Crippen LogP) is 2.56. The number of phosphoric acid groups is 1. The Morgan fingerprint density at radius 3 is 2.57 bits per heavy atom. The van der Waals surface area contributed by atoms with E-state index in [1.807, 2.05) is 18.2 Å². The molecule has 13 heteroatoms. The Morgan fingerprint density at radius 2 is 1.91 bits per heavy atom. The van der Waals surface area contributed by atoms with E-state index in [-0.39, 0.29) is 19.3 Å². The van der Waals surface area contributed by atoms with Crippen LogP contribution in [0.1, 0.15) is 18.2 Å². The number of carbonyl (C=O) groups is 2. The van der Waals surface area contributed by atoms with Gasteiger partial charge in [0.25, 0.3) is 6.73 Å². The van der Waals surface area contributed by atoms with Crippen LogP contribution in [0.25, 0.3) is 21.9 Å². The largest absolute Gasteiger partial charge is 0.474 e. The lowest BCUT2D eigenvalue weighted by atomic mass is 9.96. The summed E-state index contributed by atoms with van der Waals surface area (Å²) in [6, 6.07) is 8.74. The average Bonchev–Trinajstić information content (AvgIpc) is 2.80. The number of carbonyl (C=O) groups excluding carboxylic acids is 2. The summed E-state index contributed by atoms with van der Waals surface area (Å²) in [5, 5.41) is 9.55. The van der Waals surface area contributed by atoms with Crippen molar-refractivity contribution in [3.63, 3.8) is 0 Å². The molecule has 3 aromatic rings. The van der Waals surface area contributed by atoms with Gasteiger partial charge in [0.15, 0.2) is 11.9 Å². The van der Waals surface area contributed by atoms with E-state index in [2.05, 4.69) is 30.2 Å². The monoisotopic (exact) mass is 504 g/mol. The number of hydrogen-bond donors (Lipinski definition) is 5. The summed E-state index contributed by atoms with van der Waals surface area (Å²) in [4.78, 5) is 45.8. The minimum absolute atomic E-state index is 0.210. The number of benzene rings is 1. The highest BCUT2D eigenvalue weighted by atomic mass is 31.2. The number of ether oxygens (including phenoxy) is 1. The van der Waals surface area contributed by atoms with Crippen molar-refractivity contribution in [2.24, 2.45) is 0 Å². The van der Waals surface area contributed by atoms with E-state index in [0.29, 0.717) is 18.1 Å². The zero-order valence-electron chi connectivity index (χ0n) is 19.4.